The third-order valence-electron chi connectivity index (χ3n) is 6.10. The Bertz CT molecular complexity index is 865. The number of thiazole rings is 1. The lowest BCUT2D eigenvalue weighted by molar-refractivity contribution is -0.188. The quantitative estimate of drug-likeness (QED) is 0.769. The van der Waals surface area contributed by atoms with E-state index in [1.165, 1.54) is 23.5 Å². The van der Waals surface area contributed by atoms with E-state index in [1.807, 2.05) is 4.90 Å². The molecule has 3 aliphatic heterocycles. The third-order valence-corrected chi connectivity index (χ3v) is 7.18. The van der Waals surface area contributed by atoms with Crippen molar-refractivity contribution in [1.82, 2.24) is 9.88 Å². The number of hydrogen-bond donors (Lipinski definition) is 0. The number of halogens is 1. The predicted molar refractivity (Wildman–Crippen MR) is 105 cm³/mol. The van der Waals surface area contributed by atoms with Crippen molar-refractivity contribution in [2.75, 3.05) is 44.3 Å². The van der Waals surface area contributed by atoms with E-state index in [9.17, 15) is 9.18 Å². The average Bonchev–Trinajstić information content (AvgIpc) is 3.35. The van der Waals surface area contributed by atoms with Crippen LogP contribution in [0.3, 0.4) is 0 Å². The van der Waals surface area contributed by atoms with Crippen molar-refractivity contribution in [2.24, 2.45) is 5.92 Å². The van der Waals surface area contributed by atoms with Crippen molar-refractivity contribution >= 4 is 32.6 Å². The lowest BCUT2D eigenvalue weighted by Gasteiger charge is -2.40. The molecule has 0 radical (unpaired) electrons. The summed E-state index contributed by atoms with van der Waals surface area (Å²) in [5.74, 6) is -0.336. The van der Waals surface area contributed by atoms with Gasteiger partial charge >= 0.3 is 0 Å². The van der Waals surface area contributed by atoms with Gasteiger partial charge in [-0.3, -0.25) is 4.79 Å². The van der Waals surface area contributed by atoms with Crippen LogP contribution in [0.15, 0.2) is 18.2 Å². The summed E-state index contributed by atoms with van der Waals surface area (Å²) in [5.41, 5.74) is 0.832. The maximum Gasteiger partial charge on any atom is 0.225 e. The highest BCUT2D eigenvalue weighted by atomic mass is 32.1. The summed E-state index contributed by atoms with van der Waals surface area (Å²) in [6, 6.07) is 4.71. The van der Waals surface area contributed by atoms with Gasteiger partial charge in [-0.15, -0.1) is 0 Å². The third kappa shape index (κ3) is 3.38. The zero-order valence-electron chi connectivity index (χ0n) is 15.7. The molecule has 6 nitrogen and oxygen atoms in total. The maximum absolute atomic E-state index is 13.4. The number of likely N-dealkylation sites (tertiary alicyclic amines) is 1. The standard InChI is InChI=1S/C20H24FN3O3S/c21-15-1-2-16-17(13-15)28-19(22-16)24-7-3-14(4-8-24)18(25)23-9-5-20(6-10-23)26-11-12-27-20/h1-2,13-14H,3-12H2. The summed E-state index contributed by atoms with van der Waals surface area (Å²) in [6.45, 7) is 4.35. The molecule has 3 aliphatic rings. The highest BCUT2D eigenvalue weighted by molar-refractivity contribution is 7.22. The Labute approximate surface area is 167 Å². The minimum absolute atomic E-state index is 0.0718. The van der Waals surface area contributed by atoms with E-state index in [0.29, 0.717) is 26.3 Å². The molecular weight excluding hydrogens is 381 g/mol. The Hall–Kier alpha value is -1.77. The van der Waals surface area contributed by atoms with Gasteiger partial charge in [0.1, 0.15) is 5.82 Å². The molecule has 1 aromatic heterocycles. The summed E-state index contributed by atoms with van der Waals surface area (Å²) in [6.07, 6.45) is 3.19. The Balaban J connectivity index is 1.18. The number of nitrogens with zero attached hydrogens (tertiary/aromatic N) is 3. The monoisotopic (exact) mass is 405 g/mol. The molecule has 0 bridgehead atoms. The average molecular weight is 405 g/mol. The maximum atomic E-state index is 13.4. The van der Waals surface area contributed by atoms with Crippen LogP contribution in [0, 0.1) is 11.7 Å². The predicted octanol–water partition coefficient (Wildman–Crippen LogP) is 3.02. The first-order valence-electron chi connectivity index (χ1n) is 10.00. The minimum atomic E-state index is -0.438. The Morgan fingerprint density at radius 2 is 1.86 bits per heavy atom. The van der Waals surface area contributed by atoms with Crippen molar-refractivity contribution in [2.45, 2.75) is 31.5 Å². The molecule has 1 aromatic carbocycles. The Morgan fingerprint density at radius 3 is 2.57 bits per heavy atom. The molecule has 5 rings (SSSR count). The summed E-state index contributed by atoms with van der Waals surface area (Å²) < 4.78 is 25.8. The second kappa shape index (κ2) is 7.24. The van der Waals surface area contributed by atoms with E-state index >= 15 is 0 Å². The van der Waals surface area contributed by atoms with Gasteiger partial charge in [0.25, 0.3) is 0 Å². The fourth-order valence-corrected chi connectivity index (χ4v) is 5.49. The van der Waals surface area contributed by atoms with Gasteiger partial charge in [0.2, 0.25) is 5.91 Å². The minimum Gasteiger partial charge on any atom is -0.348 e. The number of aromatic nitrogens is 1. The van der Waals surface area contributed by atoms with Crippen LogP contribution in [0.1, 0.15) is 25.7 Å². The first-order valence-corrected chi connectivity index (χ1v) is 10.8. The molecule has 2 aromatic rings. The molecule has 0 N–H and O–H groups in total. The molecule has 0 atom stereocenters. The summed E-state index contributed by atoms with van der Waals surface area (Å²) in [7, 11) is 0. The van der Waals surface area contributed by atoms with E-state index in [2.05, 4.69) is 9.88 Å². The number of ether oxygens (including phenoxy) is 2. The largest absolute Gasteiger partial charge is 0.348 e. The van der Waals surface area contributed by atoms with Crippen molar-refractivity contribution in [3.63, 3.8) is 0 Å². The fraction of sp³-hybridized carbons (Fsp3) is 0.600. The van der Waals surface area contributed by atoms with E-state index in [0.717, 1.165) is 54.1 Å². The molecule has 1 spiro atoms. The van der Waals surface area contributed by atoms with E-state index in [-0.39, 0.29) is 17.6 Å². The van der Waals surface area contributed by atoms with Crippen LogP contribution in [-0.4, -0.2) is 61.0 Å². The molecule has 150 valence electrons. The normalized spacial score (nSPS) is 23.0. The number of hydrogen-bond acceptors (Lipinski definition) is 6. The topological polar surface area (TPSA) is 54.9 Å². The van der Waals surface area contributed by atoms with Gasteiger partial charge in [-0.2, -0.15) is 0 Å². The molecular formula is C20H24FN3O3S. The first-order chi connectivity index (χ1) is 13.6. The zero-order chi connectivity index (χ0) is 19.1. The number of fused-ring (bicyclic) bond motifs is 1. The van der Waals surface area contributed by atoms with Crippen LogP contribution in [-0.2, 0) is 14.3 Å². The SMILES string of the molecule is O=C(C1CCN(c2nc3ccc(F)cc3s2)CC1)N1CCC2(CC1)OCCO2. The van der Waals surface area contributed by atoms with Crippen LogP contribution >= 0.6 is 11.3 Å². The molecule has 0 unspecified atom stereocenters. The van der Waals surface area contributed by atoms with Gasteiger partial charge < -0.3 is 19.3 Å². The molecule has 3 saturated heterocycles. The second-order valence-corrected chi connectivity index (χ2v) is 8.81. The summed E-state index contributed by atoms with van der Waals surface area (Å²) in [4.78, 5) is 21.8. The van der Waals surface area contributed by atoms with Crippen molar-refractivity contribution in [1.29, 1.82) is 0 Å². The molecule has 4 heterocycles. The highest BCUT2D eigenvalue weighted by Gasteiger charge is 2.42. The molecule has 8 heteroatoms. The summed E-state index contributed by atoms with van der Waals surface area (Å²) in [5, 5.41) is 0.918. The number of anilines is 1. The molecule has 28 heavy (non-hydrogen) atoms. The van der Waals surface area contributed by atoms with Crippen molar-refractivity contribution in [3.8, 4) is 0 Å². The highest BCUT2D eigenvalue weighted by Crippen LogP contribution is 2.34. The number of benzene rings is 1. The van der Waals surface area contributed by atoms with Gasteiger partial charge in [-0.25, -0.2) is 9.37 Å². The lowest BCUT2D eigenvalue weighted by atomic mass is 9.94. The van der Waals surface area contributed by atoms with E-state index in [4.69, 9.17) is 9.47 Å². The second-order valence-electron chi connectivity index (χ2n) is 7.80. The zero-order valence-corrected chi connectivity index (χ0v) is 16.5. The van der Waals surface area contributed by atoms with Crippen LogP contribution in [0.2, 0.25) is 0 Å². The fourth-order valence-electron chi connectivity index (χ4n) is 4.45. The lowest BCUT2D eigenvalue weighted by Crippen LogP contribution is -2.50. The van der Waals surface area contributed by atoms with Gasteiger partial charge in [-0.1, -0.05) is 11.3 Å². The van der Waals surface area contributed by atoms with Gasteiger partial charge in [0.05, 0.1) is 23.4 Å². The first kappa shape index (κ1) is 18.3. The molecule has 1 amide bonds. The van der Waals surface area contributed by atoms with Crippen LogP contribution < -0.4 is 4.90 Å². The number of amides is 1. The van der Waals surface area contributed by atoms with Crippen molar-refractivity contribution < 1.29 is 18.7 Å². The number of piperidine rings is 2. The van der Waals surface area contributed by atoms with Gasteiger partial charge in [-0.05, 0) is 31.0 Å². The summed E-state index contributed by atoms with van der Waals surface area (Å²) >= 11 is 1.52. The van der Waals surface area contributed by atoms with E-state index < -0.39 is 5.79 Å². The van der Waals surface area contributed by atoms with Crippen LogP contribution in [0.4, 0.5) is 9.52 Å². The van der Waals surface area contributed by atoms with Gasteiger partial charge in [0.15, 0.2) is 10.9 Å². The molecule has 0 saturated carbocycles. The van der Waals surface area contributed by atoms with E-state index in [1.54, 1.807) is 6.07 Å². The number of carbonyl (C=O) groups excluding carboxylic acids is 1. The molecule has 3 fully saturated rings. The Morgan fingerprint density at radius 1 is 1.14 bits per heavy atom. The van der Waals surface area contributed by atoms with Crippen LogP contribution in [0.5, 0.6) is 0 Å². The van der Waals surface area contributed by atoms with Crippen molar-refractivity contribution in [3.05, 3.63) is 24.0 Å². The number of rotatable bonds is 2. The number of carbonyl (C=O) groups is 1. The Kier molecular flexibility index (Phi) is 4.72. The molecule has 0 aliphatic carbocycles. The van der Waals surface area contributed by atoms with Gasteiger partial charge in [0, 0.05) is 44.9 Å². The smallest absolute Gasteiger partial charge is 0.225 e. The van der Waals surface area contributed by atoms with Crippen LogP contribution in [0.25, 0.3) is 10.2 Å².